The van der Waals surface area contributed by atoms with Gasteiger partial charge in [0.1, 0.15) is 17.7 Å². The fourth-order valence-corrected chi connectivity index (χ4v) is 3.17. The van der Waals surface area contributed by atoms with Crippen molar-refractivity contribution in [1.29, 1.82) is 0 Å². The van der Waals surface area contributed by atoms with Gasteiger partial charge < -0.3 is 4.74 Å². The van der Waals surface area contributed by atoms with Crippen LogP contribution in [-0.2, 0) is 23.9 Å². The first-order valence-corrected chi connectivity index (χ1v) is 8.22. The third-order valence-corrected chi connectivity index (χ3v) is 4.51. The van der Waals surface area contributed by atoms with Gasteiger partial charge in [-0.25, -0.2) is 9.69 Å². The lowest BCUT2D eigenvalue weighted by atomic mass is 9.98. The minimum absolute atomic E-state index is 0.0737. The second kappa shape index (κ2) is 6.70. The lowest BCUT2D eigenvalue weighted by molar-refractivity contribution is -0.133. The van der Waals surface area contributed by atoms with Crippen molar-refractivity contribution in [2.45, 2.75) is 26.3 Å². The Hall–Kier alpha value is -3.03. The van der Waals surface area contributed by atoms with E-state index in [1.807, 2.05) is 6.92 Å². The lowest BCUT2D eigenvalue weighted by Crippen LogP contribution is -2.39. The molecule has 1 aromatic carbocycles. The first-order chi connectivity index (χ1) is 12.3. The number of carbonyl (C=O) groups excluding carboxylic acids is 4. The average Bonchev–Trinajstić information content (AvgIpc) is 3.11. The number of esters is 1. The molecule has 1 fully saturated rings. The van der Waals surface area contributed by atoms with Gasteiger partial charge in [0.25, 0.3) is 5.91 Å². The number of rotatable bonds is 5. The van der Waals surface area contributed by atoms with E-state index in [4.69, 9.17) is 4.74 Å². The molecule has 1 aromatic rings. The van der Waals surface area contributed by atoms with Crippen LogP contribution in [0.25, 0.3) is 0 Å². The Labute approximate surface area is 150 Å². The van der Waals surface area contributed by atoms with Gasteiger partial charge >= 0.3 is 5.97 Å². The maximum atomic E-state index is 12.9. The van der Waals surface area contributed by atoms with Crippen molar-refractivity contribution in [2.75, 3.05) is 18.6 Å². The van der Waals surface area contributed by atoms with Gasteiger partial charge in [0.05, 0.1) is 12.8 Å². The van der Waals surface area contributed by atoms with Gasteiger partial charge in [-0.1, -0.05) is 17.7 Å². The number of hydrazone groups is 1. The molecule has 2 amide bonds. The first kappa shape index (κ1) is 17.8. The summed E-state index contributed by atoms with van der Waals surface area (Å²) in [5.41, 5.74) is 1.33. The monoisotopic (exact) mass is 357 g/mol. The summed E-state index contributed by atoms with van der Waals surface area (Å²) >= 11 is 0. The molecular weight excluding hydrogens is 338 g/mol. The summed E-state index contributed by atoms with van der Waals surface area (Å²) in [6, 6.07) is 6.03. The van der Waals surface area contributed by atoms with Crippen LogP contribution >= 0.6 is 0 Å². The molecule has 2 heterocycles. The maximum Gasteiger partial charge on any atom is 0.355 e. The number of ether oxygens (including phenoxy) is 1. The van der Waals surface area contributed by atoms with Gasteiger partial charge in [-0.3, -0.25) is 19.4 Å². The lowest BCUT2D eigenvalue weighted by Gasteiger charge is -2.21. The third-order valence-electron chi connectivity index (χ3n) is 4.51. The van der Waals surface area contributed by atoms with E-state index < -0.39 is 29.7 Å². The molecule has 0 bridgehead atoms. The molecule has 0 saturated carbocycles. The number of imide groups is 1. The number of Topliss-reactive ketones (excluding diaryl/α,β-unsaturated/α-hetero) is 1. The number of fused-ring (bicyclic) bond motifs is 1. The van der Waals surface area contributed by atoms with E-state index in [1.165, 1.54) is 19.0 Å². The smallest absolute Gasteiger partial charge is 0.355 e. The fourth-order valence-electron chi connectivity index (χ4n) is 3.17. The number of hydrogen-bond acceptors (Lipinski definition) is 7. The highest BCUT2D eigenvalue weighted by Crippen LogP contribution is 2.35. The van der Waals surface area contributed by atoms with Crippen LogP contribution in [0.4, 0.5) is 5.69 Å². The number of anilines is 1. The van der Waals surface area contributed by atoms with Crippen LogP contribution < -0.4 is 4.90 Å². The summed E-state index contributed by atoms with van der Waals surface area (Å²) in [6.45, 7) is 3.48. The molecule has 26 heavy (non-hydrogen) atoms. The number of amides is 2. The van der Waals surface area contributed by atoms with Crippen molar-refractivity contribution in [3.05, 3.63) is 29.8 Å². The second-order valence-electron chi connectivity index (χ2n) is 6.36. The standard InChI is InChI=1S/C18H19N3O5/c1-10-4-6-12(7-5-10)21-16(23)13-14(18(25)26-3)19-20(9-8-11(2)22)15(13)17(21)24/h4-7,13,15H,8-9H2,1-3H3/t13-,15-/m1/s1. The Morgan fingerprint density at radius 3 is 2.38 bits per heavy atom. The van der Waals surface area contributed by atoms with Gasteiger partial charge in [-0.05, 0) is 26.0 Å². The molecule has 2 atom stereocenters. The zero-order chi connectivity index (χ0) is 19.0. The number of aryl methyl sites for hydroxylation is 1. The minimum Gasteiger partial charge on any atom is -0.464 e. The number of benzene rings is 1. The van der Waals surface area contributed by atoms with Crippen LogP contribution in [0.1, 0.15) is 18.9 Å². The van der Waals surface area contributed by atoms with Crippen molar-refractivity contribution >= 4 is 35.0 Å². The summed E-state index contributed by atoms with van der Waals surface area (Å²) in [4.78, 5) is 50.3. The highest BCUT2D eigenvalue weighted by atomic mass is 16.5. The molecule has 8 heteroatoms. The fraction of sp³-hybridized carbons (Fsp3) is 0.389. The van der Waals surface area contributed by atoms with E-state index in [0.717, 1.165) is 10.5 Å². The summed E-state index contributed by atoms with van der Waals surface area (Å²) in [5, 5.41) is 5.47. The van der Waals surface area contributed by atoms with Gasteiger partial charge in [0.15, 0.2) is 5.71 Å². The van der Waals surface area contributed by atoms with Gasteiger partial charge in [0.2, 0.25) is 5.91 Å². The first-order valence-electron chi connectivity index (χ1n) is 8.22. The molecule has 2 aliphatic heterocycles. The quantitative estimate of drug-likeness (QED) is 0.568. The molecule has 0 radical (unpaired) electrons. The molecule has 2 aliphatic rings. The maximum absolute atomic E-state index is 12.9. The van der Waals surface area contributed by atoms with E-state index in [-0.39, 0.29) is 24.5 Å². The summed E-state index contributed by atoms with van der Waals surface area (Å²) < 4.78 is 4.71. The molecule has 0 aromatic heterocycles. The van der Waals surface area contributed by atoms with Crippen LogP contribution in [0.3, 0.4) is 0 Å². The Morgan fingerprint density at radius 2 is 1.81 bits per heavy atom. The third kappa shape index (κ3) is 2.87. The van der Waals surface area contributed by atoms with Crippen LogP contribution in [0, 0.1) is 12.8 Å². The van der Waals surface area contributed by atoms with Gasteiger partial charge in [0, 0.05) is 13.0 Å². The molecule has 0 aliphatic carbocycles. The molecule has 0 N–H and O–H groups in total. The second-order valence-corrected chi connectivity index (χ2v) is 6.36. The SMILES string of the molecule is COC(=O)C1=NN(CCC(C)=O)[C@H]2C(=O)N(c3ccc(C)cc3)C(=O)[C@H]12. The van der Waals surface area contributed by atoms with Crippen LogP contribution in [0.5, 0.6) is 0 Å². The van der Waals surface area contributed by atoms with E-state index in [2.05, 4.69) is 5.10 Å². The zero-order valence-electron chi connectivity index (χ0n) is 14.8. The average molecular weight is 357 g/mol. The molecule has 1 saturated heterocycles. The predicted molar refractivity (Wildman–Crippen MR) is 92.4 cm³/mol. The van der Waals surface area contributed by atoms with Crippen LogP contribution in [0.15, 0.2) is 29.4 Å². The predicted octanol–water partition coefficient (Wildman–Crippen LogP) is 0.677. The molecule has 136 valence electrons. The molecule has 8 nitrogen and oxygen atoms in total. The normalized spacial score (nSPS) is 21.7. The number of carbonyl (C=O) groups is 4. The van der Waals surface area contributed by atoms with E-state index in [9.17, 15) is 19.2 Å². The largest absolute Gasteiger partial charge is 0.464 e. The van der Waals surface area contributed by atoms with E-state index in [1.54, 1.807) is 24.3 Å². The van der Waals surface area contributed by atoms with Crippen LogP contribution in [0.2, 0.25) is 0 Å². The molecular formula is C18H19N3O5. The summed E-state index contributed by atoms with van der Waals surface area (Å²) in [7, 11) is 1.19. The van der Waals surface area contributed by atoms with E-state index >= 15 is 0 Å². The van der Waals surface area contributed by atoms with Crippen molar-refractivity contribution in [1.82, 2.24) is 5.01 Å². The summed E-state index contributed by atoms with van der Waals surface area (Å²) in [6.07, 6.45) is 0.160. The Balaban J connectivity index is 1.97. The highest BCUT2D eigenvalue weighted by Gasteiger charge is 2.58. The van der Waals surface area contributed by atoms with Gasteiger partial charge in [-0.2, -0.15) is 5.10 Å². The number of ketones is 1. The molecule has 3 rings (SSSR count). The Morgan fingerprint density at radius 1 is 1.15 bits per heavy atom. The van der Waals surface area contributed by atoms with Crippen molar-refractivity contribution in [3.63, 3.8) is 0 Å². The summed E-state index contributed by atoms with van der Waals surface area (Å²) in [5.74, 6) is -2.83. The van der Waals surface area contributed by atoms with Crippen LogP contribution in [-0.4, -0.2) is 54.0 Å². The Kier molecular flexibility index (Phi) is 4.58. The molecule has 0 spiro atoms. The highest BCUT2D eigenvalue weighted by molar-refractivity contribution is 6.46. The van der Waals surface area contributed by atoms with E-state index in [0.29, 0.717) is 5.69 Å². The zero-order valence-corrected chi connectivity index (χ0v) is 14.8. The van der Waals surface area contributed by atoms with Crippen molar-refractivity contribution in [2.24, 2.45) is 11.0 Å². The number of nitrogens with zero attached hydrogens (tertiary/aromatic N) is 3. The van der Waals surface area contributed by atoms with Gasteiger partial charge in [-0.15, -0.1) is 0 Å². The molecule has 0 unspecified atom stereocenters. The minimum atomic E-state index is -1.02. The topological polar surface area (TPSA) is 96.3 Å². The Bertz CT molecular complexity index is 815. The van der Waals surface area contributed by atoms with Crippen molar-refractivity contribution in [3.8, 4) is 0 Å². The number of hydrogen-bond donors (Lipinski definition) is 0. The number of methoxy groups -OCH3 is 1. The van der Waals surface area contributed by atoms with Crippen molar-refractivity contribution < 1.29 is 23.9 Å².